The lowest BCUT2D eigenvalue weighted by atomic mass is 10.0. The molecule has 0 fully saturated rings. The lowest BCUT2D eigenvalue weighted by Crippen LogP contribution is -2.48. The highest BCUT2D eigenvalue weighted by Gasteiger charge is 2.36. The number of rotatable bonds is 9. The molecule has 2 amide bonds. The van der Waals surface area contributed by atoms with Gasteiger partial charge in [-0.2, -0.15) is 0 Å². The summed E-state index contributed by atoms with van der Waals surface area (Å²) in [4.78, 5) is 28.1. The Hall–Kier alpha value is -3.80. The number of amides is 2. The smallest absolute Gasteiger partial charge is 0.255 e. The minimum atomic E-state index is -0.598. The zero-order valence-corrected chi connectivity index (χ0v) is 18.9. The summed E-state index contributed by atoms with van der Waals surface area (Å²) in [6.07, 6.45) is 1.03. The van der Waals surface area contributed by atoms with Crippen LogP contribution in [0.25, 0.3) is 0 Å². The monoisotopic (exact) mass is 444 g/mol. The maximum Gasteiger partial charge on any atom is 0.255 e. The third-order valence-corrected chi connectivity index (χ3v) is 5.98. The van der Waals surface area contributed by atoms with Crippen LogP contribution in [0.1, 0.15) is 27.0 Å². The molecule has 1 heterocycles. The number of carbonyl (C=O) groups excluding carboxylic acids is 2. The fraction of sp³-hybridized carbons (Fsp3) is 0.259. The summed E-state index contributed by atoms with van der Waals surface area (Å²) in [5.74, 6) is 1.22. The average Bonchev–Trinajstić information content (AvgIpc) is 3.19. The Labute approximate surface area is 194 Å². The van der Waals surface area contributed by atoms with E-state index < -0.39 is 6.04 Å². The maximum atomic E-state index is 13.3. The number of benzene rings is 3. The van der Waals surface area contributed by atoms with E-state index in [2.05, 4.69) is 5.32 Å². The fourth-order valence-corrected chi connectivity index (χ4v) is 4.23. The third-order valence-electron chi connectivity index (χ3n) is 5.98. The molecule has 0 saturated carbocycles. The first-order valence-corrected chi connectivity index (χ1v) is 11.0. The molecule has 3 aromatic carbocycles. The lowest BCUT2D eigenvalue weighted by molar-refractivity contribution is -0.125. The van der Waals surface area contributed by atoms with Crippen LogP contribution in [0.3, 0.4) is 0 Å². The SMILES string of the molecule is COc1ccc(OC)c(CCNC(=O)C(Cc2ccccc2)N2Cc3ccccc3C2=O)c1. The van der Waals surface area contributed by atoms with Crippen LogP contribution >= 0.6 is 0 Å². The summed E-state index contributed by atoms with van der Waals surface area (Å²) in [7, 11) is 3.24. The number of hydrogen-bond donors (Lipinski definition) is 1. The fourth-order valence-electron chi connectivity index (χ4n) is 4.23. The van der Waals surface area contributed by atoms with Gasteiger partial charge in [0.25, 0.3) is 5.91 Å². The van der Waals surface area contributed by atoms with Gasteiger partial charge in [0, 0.05) is 25.1 Å². The van der Waals surface area contributed by atoms with E-state index in [0.717, 1.165) is 28.2 Å². The number of ether oxygens (including phenoxy) is 2. The number of nitrogens with zero attached hydrogens (tertiary/aromatic N) is 1. The van der Waals surface area contributed by atoms with E-state index in [1.807, 2.05) is 72.8 Å². The molecule has 3 aromatic rings. The second-order valence-electron chi connectivity index (χ2n) is 8.01. The topological polar surface area (TPSA) is 67.9 Å². The Balaban J connectivity index is 1.49. The normalized spacial score (nSPS) is 13.4. The van der Waals surface area contributed by atoms with Crippen molar-refractivity contribution in [2.24, 2.45) is 0 Å². The van der Waals surface area contributed by atoms with Gasteiger partial charge in [0.2, 0.25) is 5.91 Å². The van der Waals surface area contributed by atoms with Crippen LogP contribution in [0.5, 0.6) is 11.5 Å². The van der Waals surface area contributed by atoms with Crippen molar-refractivity contribution in [3.8, 4) is 11.5 Å². The standard InChI is InChI=1S/C27H28N2O4/c1-32-22-12-13-25(33-2)20(17-22)14-15-28-26(30)24(16-19-8-4-3-5-9-19)29-18-21-10-6-7-11-23(21)27(29)31/h3-13,17,24H,14-16,18H2,1-2H3,(H,28,30). The van der Waals surface area contributed by atoms with E-state index in [1.165, 1.54) is 0 Å². The molecule has 1 atom stereocenters. The van der Waals surface area contributed by atoms with Crippen molar-refractivity contribution < 1.29 is 19.1 Å². The second-order valence-corrected chi connectivity index (χ2v) is 8.01. The molecule has 0 spiro atoms. The Bertz CT molecular complexity index is 1130. The molecule has 0 bridgehead atoms. The summed E-state index contributed by atoms with van der Waals surface area (Å²) < 4.78 is 10.7. The molecule has 1 aliphatic heterocycles. The van der Waals surface area contributed by atoms with Gasteiger partial charge in [-0.3, -0.25) is 9.59 Å². The van der Waals surface area contributed by atoms with Crippen LogP contribution in [0.2, 0.25) is 0 Å². The first-order valence-electron chi connectivity index (χ1n) is 11.0. The van der Waals surface area contributed by atoms with Crippen LogP contribution in [0, 0.1) is 0 Å². The summed E-state index contributed by atoms with van der Waals surface area (Å²) >= 11 is 0. The first-order chi connectivity index (χ1) is 16.1. The molecule has 1 aliphatic rings. The predicted octanol–water partition coefficient (Wildman–Crippen LogP) is 3.63. The van der Waals surface area contributed by atoms with Gasteiger partial charge in [-0.25, -0.2) is 0 Å². The highest BCUT2D eigenvalue weighted by Crippen LogP contribution is 2.26. The summed E-state index contributed by atoms with van der Waals surface area (Å²) in [5.41, 5.74) is 3.58. The molecule has 0 aliphatic carbocycles. The number of carbonyl (C=O) groups is 2. The van der Waals surface area contributed by atoms with Crippen molar-refractivity contribution in [1.82, 2.24) is 10.2 Å². The Kier molecular flexibility index (Phi) is 6.93. The van der Waals surface area contributed by atoms with E-state index >= 15 is 0 Å². The van der Waals surface area contributed by atoms with Crippen molar-refractivity contribution in [2.75, 3.05) is 20.8 Å². The quantitative estimate of drug-likeness (QED) is 0.547. The molecule has 0 radical (unpaired) electrons. The summed E-state index contributed by atoms with van der Waals surface area (Å²) in [5, 5.41) is 3.04. The molecule has 0 aromatic heterocycles. The number of nitrogens with one attached hydrogen (secondary N) is 1. The predicted molar refractivity (Wildman–Crippen MR) is 127 cm³/mol. The molecule has 6 heteroatoms. The van der Waals surface area contributed by atoms with Crippen molar-refractivity contribution in [3.63, 3.8) is 0 Å². The van der Waals surface area contributed by atoms with Gasteiger partial charge < -0.3 is 19.7 Å². The summed E-state index contributed by atoms with van der Waals surface area (Å²) in [6.45, 7) is 0.853. The van der Waals surface area contributed by atoms with Crippen molar-refractivity contribution in [1.29, 1.82) is 0 Å². The Morgan fingerprint density at radius 1 is 1.00 bits per heavy atom. The molecule has 0 saturated heterocycles. The minimum Gasteiger partial charge on any atom is -0.497 e. The molecular formula is C27H28N2O4. The molecule has 4 rings (SSSR count). The molecule has 6 nitrogen and oxygen atoms in total. The Morgan fingerprint density at radius 2 is 1.76 bits per heavy atom. The molecule has 1 N–H and O–H groups in total. The van der Waals surface area contributed by atoms with Gasteiger partial charge in [0.05, 0.1) is 14.2 Å². The van der Waals surface area contributed by atoms with E-state index in [0.29, 0.717) is 31.5 Å². The van der Waals surface area contributed by atoms with Gasteiger partial charge in [0.15, 0.2) is 0 Å². The van der Waals surface area contributed by atoms with Gasteiger partial charge >= 0.3 is 0 Å². The van der Waals surface area contributed by atoms with Crippen LogP contribution in [0.4, 0.5) is 0 Å². The van der Waals surface area contributed by atoms with Crippen LogP contribution in [-0.4, -0.2) is 43.5 Å². The molecule has 170 valence electrons. The van der Waals surface area contributed by atoms with Crippen molar-refractivity contribution >= 4 is 11.8 Å². The zero-order valence-electron chi connectivity index (χ0n) is 18.9. The minimum absolute atomic E-state index is 0.101. The highest BCUT2D eigenvalue weighted by molar-refractivity contribution is 6.01. The second kappa shape index (κ2) is 10.2. The van der Waals surface area contributed by atoms with Crippen molar-refractivity contribution in [3.05, 3.63) is 95.1 Å². The highest BCUT2D eigenvalue weighted by atomic mass is 16.5. The van der Waals surface area contributed by atoms with E-state index in [4.69, 9.17) is 9.47 Å². The Morgan fingerprint density at radius 3 is 2.48 bits per heavy atom. The lowest BCUT2D eigenvalue weighted by Gasteiger charge is -2.27. The average molecular weight is 445 g/mol. The van der Waals surface area contributed by atoms with Gasteiger partial charge in [-0.1, -0.05) is 48.5 Å². The molecule has 33 heavy (non-hydrogen) atoms. The molecular weight excluding hydrogens is 416 g/mol. The van der Waals surface area contributed by atoms with E-state index in [-0.39, 0.29) is 11.8 Å². The zero-order chi connectivity index (χ0) is 23.2. The number of methoxy groups -OCH3 is 2. The van der Waals surface area contributed by atoms with Gasteiger partial charge in [0.1, 0.15) is 17.5 Å². The van der Waals surface area contributed by atoms with Crippen molar-refractivity contribution in [2.45, 2.75) is 25.4 Å². The van der Waals surface area contributed by atoms with Gasteiger partial charge in [-0.05, 0) is 47.4 Å². The number of hydrogen-bond acceptors (Lipinski definition) is 4. The van der Waals surface area contributed by atoms with E-state index in [9.17, 15) is 9.59 Å². The first kappa shape index (κ1) is 22.4. The van der Waals surface area contributed by atoms with Crippen LogP contribution < -0.4 is 14.8 Å². The summed E-state index contributed by atoms with van der Waals surface area (Å²) in [6, 6.07) is 22.3. The van der Waals surface area contributed by atoms with Crippen LogP contribution in [0.15, 0.2) is 72.8 Å². The van der Waals surface area contributed by atoms with Crippen LogP contribution in [-0.2, 0) is 24.2 Å². The third kappa shape index (κ3) is 5.00. The molecule has 1 unspecified atom stereocenters. The number of fused-ring (bicyclic) bond motifs is 1. The van der Waals surface area contributed by atoms with Gasteiger partial charge in [-0.15, -0.1) is 0 Å². The maximum absolute atomic E-state index is 13.3. The largest absolute Gasteiger partial charge is 0.497 e. The van der Waals surface area contributed by atoms with E-state index in [1.54, 1.807) is 19.1 Å².